The average molecular weight is 604 g/mol. The standard InChI is InChI=1S/C44H29NS/c1-2-10-30(11-3-1)33-13-8-14-36(28-33)45(37-26-27-39-34(29-37)21-20-31-12-4-5-15-38(31)39)35-24-22-32(23-25-35)40-17-9-18-42-41-16-6-7-19-43(41)46-44(40)42/h1-29H. The zero-order valence-corrected chi connectivity index (χ0v) is 25.9. The molecule has 9 rings (SSSR count). The first-order valence-corrected chi connectivity index (χ1v) is 16.5. The maximum Gasteiger partial charge on any atom is 0.0468 e. The summed E-state index contributed by atoms with van der Waals surface area (Å²) < 4.78 is 2.67. The largest absolute Gasteiger partial charge is 0.310 e. The Hall–Kier alpha value is -5.70. The van der Waals surface area contributed by atoms with Gasteiger partial charge in [0.05, 0.1) is 0 Å². The molecule has 0 unspecified atom stereocenters. The van der Waals surface area contributed by atoms with E-state index in [9.17, 15) is 0 Å². The molecule has 216 valence electrons. The Bertz CT molecular complexity index is 2530. The summed E-state index contributed by atoms with van der Waals surface area (Å²) in [6.07, 6.45) is 0. The highest BCUT2D eigenvalue weighted by atomic mass is 32.1. The first kappa shape index (κ1) is 26.7. The number of hydrogen-bond acceptors (Lipinski definition) is 2. The number of nitrogens with zero attached hydrogens (tertiary/aromatic N) is 1. The number of rotatable bonds is 5. The van der Waals surface area contributed by atoms with Gasteiger partial charge >= 0.3 is 0 Å². The second kappa shape index (κ2) is 11.0. The molecular weight excluding hydrogens is 575 g/mol. The highest BCUT2D eigenvalue weighted by molar-refractivity contribution is 7.26. The lowest BCUT2D eigenvalue weighted by Gasteiger charge is -2.27. The summed E-state index contributed by atoms with van der Waals surface area (Å²) in [6, 6.07) is 63.9. The van der Waals surface area contributed by atoms with E-state index in [0.29, 0.717) is 0 Å². The molecular formula is C44H29NS. The molecule has 0 N–H and O–H groups in total. The lowest BCUT2D eigenvalue weighted by atomic mass is 10.00. The minimum absolute atomic E-state index is 1.12. The van der Waals surface area contributed by atoms with Gasteiger partial charge in [0.1, 0.15) is 0 Å². The highest BCUT2D eigenvalue weighted by Crippen LogP contribution is 2.42. The molecule has 46 heavy (non-hydrogen) atoms. The van der Waals surface area contributed by atoms with E-state index in [0.717, 1.165) is 17.1 Å². The molecule has 0 aliphatic carbocycles. The van der Waals surface area contributed by atoms with Crippen LogP contribution in [-0.2, 0) is 0 Å². The topological polar surface area (TPSA) is 3.24 Å². The number of fused-ring (bicyclic) bond motifs is 6. The second-order valence-corrected chi connectivity index (χ2v) is 12.8. The molecule has 0 aliphatic rings. The van der Waals surface area contributed by atoms with Crippen molar-refractivity contribution in [1.82, 2.24) is 0 Å². The fourth-order valence-corrected chi connectivity index (χ4v) is 8.04. The van der Waals surface area contributed by atoms with Crippen LogP contribution in [0, 0.1) is 0 Å². The normalized spacial score (nSPS) is 11.5. The third kappa shape index (κ3) is 4.54. The maximum atomic E-state index is 2.38. The summed E-state index contributed by atoms with van der Waals surface area (Å²) >= 11 is 1.88. The highest BCUT2D eigenvalue weighted by Gasteiger charge is 2.16. The molecule has 2 heteroatoms. The van der Waals surface area contributed by atoms with Gasteiger partial charge in [-0.1, -0.05) is 133 Å². The molecule has 1 aromatic heterocycles. The molecule has 0 amide bonds. The zero-order valence-electron chi connectivity index (χ0n) is 25.1. The monoisotopic (exact) mass is 603 g/mol. The number of thiophene rings is 1. The Morgan fingerprint density at radius 3 is 1.89 bits per heavy atom. The van der Waals surface area contributed by atoms with Gasteiger partial charge in [0.2, 0.25) is 0 Å². The smallest absolute Gasteiger partial charge is 0.0468 e. The molecule has 0 saturated heterocycles. The molecule has 1 nitrogen and oxygen atoms in total. The minimum atomic E-state index is 1.12. The lowest BCUT2D eigenvalue weighted by Crippen LogP contribution is -2.10. The average Bonchev–Trinajstić information content (AvgIpc) is 3.52. The van der Waals surface area contributed by atoms with Crippen LogP contribution in [0.1, 0.15) is 0 Å². The van der Waals surface area contributed by atoms with Gasteiger partial charge < -0.3 is 4.90 Å². The van der Waals surface area contributed by atoms with Crippen molar-refractivity contribution in [3.63, 3.8) is 0 Å². The summed E-state index contributed by atoms with van der Waals surface area (Å²) in [7, 11) is 0. The molecule has 8 aromatic carbocycles. The number of benzene rings is 8. The van der Waals surface area contributed by atoms with Crippen molar-refractivity contribution < 1.29 is 0 Å². The van der Waals surface area contributed by atoms with E-state index >= 15 is 0 Å². The van der Waals surface area contributed by atoms with Crippen molar-refractivity contribution >= 4 is 70.1 Å². The van der Waals surface area contributed by atoms with E-state index < -0.39 is 0 Å². The van der Waals surface area contributed by atoms with Crippen molar-refractivity contribution in [3.8, 4) is 22.3 Å². The summed E-state index contributed by atoms with van der Waals surface area (Å²) in [6.45, 7) is 0. The fourth-order valence-electron chi connectivity index (χ4n) is 6.81. The predicted octanol–water partition coefficient (Wildman–Crippen LogP) is 13.2. The van der Waals surface area contributed by atoms with E-state index in [2.05, 4.69) is 181 Å². The van der Waals surface area contributed by atoms with Crippen LogP contribution < -0.4 is 4.90 Å². The minimum Gasteiger partial charge on any atom is -0.310 e. The SMILES string of the molecule is c1ccc(-c2cccc(N(c3ccc(-c4cccc5c4sc4ccccc45)cc3)c3ccc4c(ccc5ccccc54)c3)c2)cc1. The molecule has 1 heterocycles. The van der Waals surface area contributed by atoms with Crippen LogP contribution in [0.25, 0.3) is 64.0 Å². The molecule has 0 bridgehead atoms. The quantitative estimate of drug-likeness (QED) is 0.177. The second-order valence-electron chi connectivity index (χ2n) is 11.8. The van der Waals surface area contributed by atoms with Crippen LogP contribution in [0.3, 0.4) is 0 Å². The molecule has 0 saturated carbocycles. The Kier molecular flexibility index (Phi) is 6.40. The fraction of sp³-hybridized carbons (Fsp3) is 0. The number of hydrogen-bond donors (Lipinski definition) is 0. The van der Waals surface area contributed by atoms with E-state index in [1.165, 1.54) is 64.0 Å². The third-order valence-electron chi connectivity index (χ3n) is 9.04. The first-order valence-electron chi connectivity index (χ1n) is 15.7. The van der Waals surface area contributed by atoms with Crippen LogP contribution in [0.5, 0.6) is 0 Å². The van der Waals surface area contributed by atoms with Gasteiger partial charge in [-0.2, -0.15) is 0 Å². The molecule has 0 spiro atoms. The molecule has 9 aromatic rings. The zero-order chi connectivity index (χ0) is 30.5. The van der Waals surface area contributed by atoms with Gasteiger partial charge in [-0.3, -0.25) is 0 Å². The van der Waals surface area contributed by atoms with Crippen LogP contribution in [-0.4, -0.2) is 0 Å². The summed E-state index contributed by atoms with van der Waals surface area (Å²) in [4.78, 5) is 2.38. The van der Waals surface area contributed by atoms with Gasteiger partial charge in [0, 0.05) is 37.2 Å². The Labute approximate surface area is 272 Å². The van der Waals surface area contributed by atoms with Gasteiger partial charge in [0.25, 0.3) is 0 Å². The van der Waals surface area contributed by atoms with Crippen LogP contribution >= 0.6 is 11.3 Å². The summed E-state index contributed by atoms with van der Waals surface area (Å²) in [5, 5.41) is 7.70. The predicted molar refractivity (Wildman–Crippen MR) is 200 cm³/mol. The maximum absolute atomic E-state index is 2.38. The Morgan fingerprint density at radius 1 is 0.348 bits per heavy atom. The molecule has 0 radical (unpaired) electrons. The van der Waals surface area contributed by atoms with Crippen molar-refractivity contribution in [3.05, 3.63) is 176 Å². The van der Waals surface area contributed by atoms with Crippen LogP contribution in [0.2, 0.25) is 0 Å². The van der Waals surface area contributed by atoms with Crippen molar-refractivity contribution in [2.75, 3.05) is 4.90 Å². The van der Waals surface area contributed by atoms with E-state index in [4.69, 9.17) is 0 Å². The lowest BCUT2D eigenvalue weighted by molar-refractivity contribution is 1.29. The third-order valence-corrected chi connectivity index (χ3v) is 10.3. The molecule has 0 fully saturated rings. The van der Waals surface area contributed by atoms with Crippen molar-refractivity contribution in [1.29, 1.82) is 0 Å². The van der Waals surface area contributed by atoms with Gasteiger partial charge in [-0.25, -0.2) is 0 Å². The van der Waals surface area contributed by atoms with Crippen LogP contribution in [0.4, 0.5) is 17.1 Å². The van der Waals surface area contributed by atoms with E-state index in [1.807, 2.05) is 11.3 Å². The van der Waals surface area contributed by atoms with Gasteiger partial charge in [-0.15, -0.1) is 11.3 Å². The summed E-state index contributed by atoms with van der Waals surface area (Å²) in [5.74, 6) is 0. The van der Waals surface area contributed by atoms with E-state index in [-0.39, 0.29) is 0 Å². The first-order chi connectivity index (χ1) is 22.8. The van der Waals surface area contributed by atoms with E-state index in [1.54, 1.807) is 0 Å². The molecule has 0 atom stereocenters. The number of anilines is 3. The Balaban J connectivity index is 1.19. The van der Waals surface area contributed by atoms with Gasteiger partial charge in [0.15, 0.2) is 0 Å². The molecule has 0 aliphatic heterocycles. The Morgan fingerprint density at radius 2 is 1.00 bits per heavy atom. The van der Waals surface area contributed by atoms with Crippen molar-refractivity contribution in [2.24, 2.45) is 0 Å². The summed E-state index contributed by atoms with van der Waals surface area (Å²) in [5.41, 5.74) is 8.29. The van der Waals surface area contributed by atoms with Gasteiger partial charge in [-0.05, 0) is 86.3 Å². The van der Waals surface area contributed by atoms with Crippen molar-refractivity contribution in [2.45, 2.75) is 0 Å². The van der Waals surface area contributed by atoms with Crippen LogP contribution in [0.15, 0.2) is 176 Å².